The van der Waals surface area contributed by atoms with E-state index >= 15 is 0 Å². The van der Waals surface area contributed by atoms with E-state index in [4.69, 9.17) is 0 Å². The first-order valence-electron chi connectivity index (χ1n) is 5.94. The van der Waals surface area contributed by atoms with Gasteiger partial charge in [0.2, 0.25) is 0 Å². The summed E-state index contributed by atoms with van der Waals surface area (Å²) in [5, 5.41) is 10.1. The Balaban J connectivity index is 2.34. The van der Waals surface area contributed by atoms with E-state index in [9.17, 15) is 9.90 Å². The molecule has 1 N–H and O–H groups in total. The maximum absolute atomic E-state index is 12.3. The lowest BCUT2D eigenvalue weighted by atomic mass is 9.95. The van der Waals surface area contributed by atoms with Crippen molar-refractivity contribution in [2.75, 3.05) is 0 Å². The molecule has 2 nitrogen and oxygen atoms in total. The number of Topliss-reactive ketones (excluding diaryl/α,β-unsaturated/α-hetero) is 1. The molecule has 1 unspecified atom stereocenters. The number of hydrogen-bond donors (Lipinski definition) is 1. The Hall–Kier alpha value is -1.93. The molecule has 0 radical (unpaired) electrons. The van der Waals surface area contributed by atoms with E-state index in [1.54, 1.807) is 12.1 Å². The molecule has 2 aromatic rings. The molecule has 0 amide bonds. The average molecular weight is 240 g/mol. The van der Waals surface area contributed by atoms with Gasteiger partial charge in [-0.3, -0.25) is 4.79 Å². The lowest BCUT2D eigenvalue weighted by molar-refractivity contribution is 0.0746. The zero-order valence-electron chi connectivity index (χ0n) is 10.6. The van der Waals surface area contributed by atoms with Gasteiger partial charge in [-0.15, -0.1) is 0 Å². The van der Waals surface area contributed by atoms with E-state index < -0.39 is 6.10 Å². The van der Waals surface area contributed by atoms with Gasteiger partial charge in [-0.1, -0.05) is 48.0 Å². The minimum Gasteiger partial charge on any atom is -0.380 e. The van der Waals surface area contributed by atoms with Gasteiger partial charge in [-0.05, 0) is 31.0 Å². The van der Waals surface area contributed by atoms with Crippen LogP contribution in [0, 0.1) is 13.8 Å². The highest BCUT2D eigenvalue weighted by Crippen LogP contribution is 2.21. The molecule has 0 aliphatic heterocycles. The summed E-state index contributed by atoms with van der Waals surface area (Å²) in [7, 11) is 0. The summed E-state index contributed by atoms with van der Waals surface area (Å²) in [6, 6.07) is 14.7. The maximum atomic E-state index is 12.3. The molecule has 1 atom stereocenters. The summed E-state index contributed by atoms with van der Waals surface area (Å²) >= 11 is 0. The Morgan fingerprint density at radius 2 is 1.72 bits per heavy atom. The molecule has 2 rings (SSSR count). The molecule has 0 spiro atoms. The third kappa shape index (κ3) is 2.49. The van der Waals surface area contributed by atoms with Crippen molar-refractivity contribution in [1.29, 1.82) is 0 Å². The van der Waals surface area contributed by atoms with E-state index in [0.717, 1.165) is 11.1 Å². The Kier molecular flexibility index (Phi) is 3.58. The molecule has 0 bridgehead atoms. The number of hydrogen-bond acceptors (Lipinski definition) is 2. The van der Waals surface area contributed by atoms with Crippen LogP contribution >= 0.6 is 0 Å². The number of aryl methyl sites for hydroxylation is 2. The lowest BCUT2D eigenvalue weighted by Gasteiger charge is -2.12. The molecule has 0 aliphatic carbocycles. The van der Waals surface area contributed by atoms with Crippen molar-refractivity contribution < 1.29 is 9.90 Å². The highest BCUT2D eigenvalue weighted by atomic mass is 16.3. The topological polar surface area (TPSA) is 37.3 Å². The first-order valence-corrected chi connectivity index (χ1v) is 5.94. The summed E-state index contributed by atoms with van der Waals surface area (Å²) in [6.45, 7) is 3.81. The van der Waals surface area contributed by atoms with Crippen LogP contribution < -0.4 is 0 Å². The fraction of sp³-hybridized carbons (Fsp3) is 0.188. The van der Waals surface area contributed by atoms with Crippen molar-refractivity contribution in [3.8, 4) is 0 Å². The zero-order valence-corrected chi connectivity index (χ0v) is 10.6. The minimum atomic E-state index is -1.09. The third-order valence-electron chi connectivity index (χ3n) is 3.02. The number of rotatable bonds is 3. The molecule has 0 saturated heterocycles. The zero-order chi connectivity index (χ0) is 13.1. The largest absolute Gasteiger partial charge is 0.380 e. The van der Waals surface area contributed by atoms with Crippen molar-refractivity contribution in [3.63, 3.8) is 0 Å². The van der Waals surface area contributed by atoms with Crippen LogP contribution in [-0.2, 0) is 0 Å². The summed E-state index contributed by atoms with van der Waals surface area (Å²) in [5.74, 6) is -0.248. The number of ketones is 1. The molecule has 0 aliphatic rings. The molecule has 2 heteroatoms. The molecule has 2 aromatic carbocycles. The van der Waals surface area contributed by atoms with Crippen LogP contribution in [0.5, 0.6) is 0 Å². The first-order chi connectivity index (χ1) is 8.59. The molecular formula is C16H16O2. The first kappa shape index (κ1) is 12.5. The summed E-state index contributed by atoms with van der Waals surface area (Å²) in [5.41, 5.74) is 3.12. The van der Waals surface area contributed by atoms with Crippen molar-refractivity contribution in [2.24, 2.45) is 0 Å². The Labute approximate surface area is 107 Å². The quantitative estimate of drug-likeness (QED) is 0.836. The van der Waals surface area contributed by atoms with E-state index in [1.807, 2.05) is 50.2 Å². The average Bonchev–Trinajstić information content (AvgIpc) is 2.41. The van der Waals surface area contributed by atoms with Gasteiger partial charge >= 0.3 is 0 Å². The van der Waals surface area contributed by atoms with E-state index in [0.29, 0.717) is 11.1 Å². The minimum absolute atomic E-state index is 0.248. The van der Waals surface area contributed by atoms with E-state index in [2.05, 4.69) is 0 Å². The van der Waals surface area contributed by atoms with Gasteiger partial charge in [-0.2, -0.15) is 0 Å². The number of aliphatic hydroxyl groups excluding tert-OH is 1. The third-order valence-corrected chi connectivity index (χ3v) is 3.02. The standard InChI is InChI=1S/C16H16O2/c1-11-8-9-12(2)14(10-11)16(18)15(17)13-6-4-3-5-7-13/h3-10,15,17H,1-2H3. The number of carbonyl (C=O) groups is 1. The van der Waals surface area contributed by atoms with Crippen LogP contribution in [0.1, 0.15) is 33.2 Å². The second kappa shape index (κ2) is 5.15. The van der Waals surface area contributed by atoms with Crippen molar-refractivity contribution in [3.05, 3.63) is 70.8 Å². The normalized spacial score (nSPS) is 12.2. The summed E-state index contributed by atoms with van der Waals surface area (Å²) < 4.78 is 0. The molecule has 0 saturated carbocycles. The fourth-order valence-electron chi connectivity index (χ4n) is 1.94. The van der Waals surface area contributed by atoms with Gasteiger partial charge in [0.05, 0.1) is 0 Å². The number of aliphatic hydroxyl groups is 1. The van der Waals surface area contributed by atoms with E-state index in [-0.39, 0.29) is 5.78 Å². The molecule has 0 aromatic heterocycles. The summed E-state index contributed by atoms with van der Waals surface area (Å²) in [4.78, 5) is 12.3. The van der Waals surface area contributed by atoms with Crippen LogP contribution in [-0.4, -0.2) is 10.9 Å². The molecule has 18 heavy (non-hydrogen) atoms. The van der Waals surface area contributed by atoms with Crippen molar-refractivity contribution >= 4 is 5.78 Å². The highest BCUT2D eigenvalue weighted by molar-refractivity contribution is 6.01. The predicted octanol–water partition coefficient (Wildman–Crippen LogP) is 3.22. The van der Waals surface area contributed by atoms with Crippen LogP contribution in [0.3, 0.4) is 0 Å². The molecule has 0 fully saturated rings. The monoisotopic (exact) mass is 240 g/mol. The fourth-order valence-corrected chi connectivity index (χ4v) is 1.94. The van der Waals surface area contributed by atoms with Gasteiger partial charge in [0.1, 0.15) is 6.10 Å². The van der Waals surface area contributed by atoms with E-state index in [1.165, 1.54) is 0 Å². The Morgan fingerprint density at radius 3 is 2.39 bits per heavy atom. The smallest absolute Gasteiger partial charge is 0.196 e. The van der Waals surface area contributed by atoms with Gasteiger partial charge in [0.25, 0.3) is 0 Å². The van der Waals surface area contributed by atoms with Gasteiger partial charge in [0, 0.05) is 5.56 Å². The molecule has 92 valence electrons. The van der Waals surface area contributed by atoms with Crippen LogP contribution in [0.2, 0.25) is 0 Å². The maximum Gasteiger partial charge on any atom is 0.196 e. The van der Waals surface area contributed by atoms with Crippen molar-refractivity contribution in [1.82, 2.24) is 0 Å². The Morgan fingerprint density at radius 1 is 1.06 bits per heavy atom. The van der Waals surface area contributed by atoms with Gasteiger partial charge in [0.15, 0.2) is 5.78 Å². The molecule has 0 heterocycles. The second-order valence-electron chi connectivity index (χ2n) is 4.50. The van der Waals surface area contributed by atoms with Crippen LogP contribution in [0.15, 0.2) is 48.5 Å². The predicted molar refractivity (Wildman–Crippen MR) is 71.6 cm³/mol. The molecular weight excluding hydrogens is 224 g/mol. The lowest BCUT2D eigenvalue weighted by Crippen LogP contribution is -2.13. The van der Waals surface area contributed by atoms with Crippen LogP contribution in [0.25, 0.3) is 0 Å². The Bertz CT molecular complexity index is 559. The van der Waals surface area contributed by atoms with Crippen molar-refractivity contribution in [2.45, 2.75) is 20.0 Å². The second-order valence-corrected chi connectivity index (χ2v) is 4.50. The number of carbonyl (C=O) groups excluding carboxylic acids is 1. The highest BCUT2D eigenvalue weighted by Gasteiger charge is 2.20. The van der Waals surface area contributed by atoms with Gasteiger partial charge < -0.3 is 5.11 Å². The van der Waals surface area contributed by atoms with Gasteiger partial charge in [-0.25, -0.2) is 0 Å². The van der Waals surface area contributed by atoms with Crippen LogP contribution in [0.4, 0.5) is 0 Å². The SMILES string of the molecule is Cc1ccc(C)c(C(=O)C(O)c2ccccc2)c1. The number of benzene rings is 2. The summed E-state index contributed by atoms with van der Waals surface area (Å²) in [6.07, 6.45) is -1.09.